The van der Waals surface area contributed by atoms with E-state index in [1.54, 1.807) is 13.8 Å². The van der Waals surface area contributed by atoms with E-state index in [1.807, 2.05) is 0 Å². The molecule has 0 fully saturated rings. The Morgan fingerprint density at radius 1 is 1.59 bits per heavy atom. The van der Waals surface area contributed by atoms with Gasteiger partial charge in [0, 0.05) is 7.05 Å². The summed E-state index contributed by atoms with van der Waals surface area (Å²) in [5, 5.41) is 15.7. The van der Waals surface area contributed by atoms with Crippen molar-refractivity contribution in [1.29, 1.82) is 0 Å². The van der Waals surface area contributed by atoms with Crippen LogP contribution in [-0.2, 0) is 11.8 Å². The summed E-state index contributed by atoms with van der Waals surface area (Å²) in [7, 11) is 1.52. The zero-order chi connectivity index (χ0) is 13.2. The maximum absolute atomic E-state index is 11.6. The lowest BCUT2D eigenvalue weighted by Gasteiger charge is -2.19. The van der Waals surface area contributed by atoms with Gasteiger partial charge in [0.15, 0.2) is 0 Å². The lowest BCUT2D eigenvalue weighted by molar-refractivity contribution is -0.138. The molecule has 0 unspecified atom stereocenters. The average Bonchev–Trinajstić information content (AvgIpc) is 2.24. The molecule has 17 heavy (non-hydrogen) atoms. The molecule has 1 aromatic heterocycles. The minimum Gasteiger partial charge on any atom is -0.480 e. The summed E-state index contributed by atoms with van der Waals surface area (Å²) in [5.41, 5.74) is 0.0668. The fourth-order valence-electron chi connectivity index (χ4n) is 1.29. The van der Waals surface area contributed by atoms with E-state index >= 15 is 0 Å². The van der Waals surface area contributed by atoms with Gasteiger partial charge in [0.05, 0.1) is 11.9 Å². The highest BCUT2D eigenvalue weighted by Gasteiger charge is 2.22. The predicted octanol–water partition coefficient (Wildman–Crippen LogP) is 1.06. The third-order valence-corrected chi connectivity index (χ3v) is 3.09. The van der Waals surface area contributed by atoms with E-state index < -0.39 is 12.0 Å². The molecule has 0 aliphatic rings. The first-order valence-corrected chi connectivity index (χ1v) is 5.85. The number of anilines is 1. The molecule has 0 amide bonds. The minimum absolute atomic E-state index is 0.108. The van der Waals surface area contributed by atoms with Gasteiger partial charge >= 0.3 is 5.97 Å². The maximum atomic E-state index is 11.6. The smallest absolute Gasteiger partial charge is 0.326 e. The number of carbonyl (C=O) groups is 1. The van der Waals surface area contributed by atoms with Crippen molar-refractivity contribution in [3.63, 3.8) is 0 Å². The van der Waals surface area contributed by atoms with Crippen LogP contribution in [0.4, 0.5) is 5.69 Å². The number of hydrogen-bond donors (Lipinski definition) is 2. The van der Waals surface area contributed by atoms with Crippen molar-refractivity contribution in [2.45, 2.75) is 19.9 Å². The number of rotatable bonds is 4. The molecule has 1 aromatic rings. The number of carboxylic acids is 1. The van der Waals surface area contributed by atoms with Crippen molar-refractivity contribution >= 4 is 27.6 Å². The zero-order valence-electron chi connectivity index (χ0n) is 9.77. The normalized spacial score (nSPS) is 12.5. The Bertz CT molecular complexity index is 484. The number of hydrogen-bond acceptors (Lipinski definition) is 4. The number of carboxylic acid groups (broad SMARTS) is 1. The Kier molecular flexibility index (Phi) is 4.28. The van der Waals surface area contributed by atoms with Gasteiger partial charge in [0.1, 0.15) is 10.5 Å². The molecule has 94 valence electrons. The number of halogens is 1. The predicted molar refractivity (Wildman–Crippen MR) is 67.1 cm³/mol. The molecule has 1 atom stereocenters. The van der Waals surface area contributed by atoms with E-state index in [0.717, 1.165) is 0 Å². The summed E-state index contributed by atoms with van der Waals surface area (Å²) in [5.74, 6) is -1.07. The maximum Gasteiger partial charge on any atom is 0.326 e. The number of nitrogens with one attached hydrogen (secondary N) is 1. The summed E-state index contributed by atoms with van der Waals surface area (Å²) in [6.45, 7) is 3.57. The van der Waals surface area contributed by atoms with Crippen LogP contribution in [0.15, 0.2) is 15.5 Å². The van der Waals surface area contributed by atoms with E-state index in [9.17, 15) is 9.59 Å². The minimum atomic E-state index is -0.965. The number of aryl methyl sites for hydroxylation is 1. The van der Waals surface area contributed by atoms with Crippen LogP contribution < -0.4 is 10.9 Å². The molecule has 7 heteroatoms. The summed E-state index contributed by atoms with van der Waals surface area (Å²) in [6, 6.07) is -0.764. The molecule has 0 aliphatic heterocycles. The molecule has 0 radical (unpaired) electrons. The number of aromatic nitrogens is 2. The lowest BCUT2D eigenvalue weighted by atomic mass is 10.0. The van der Waals surface area contributed by atoms with Gasteiger partial charge in [-0.3, -0.25) is 4.79 Å². The Morgan fingerprint density at radius 3 is 2.65 bits per heavy atom. The highest BCUT2D eigenvalue weighted by molar-refractivity contribution is 9.10. The van der Waals surface area contributed by atoms with Gasteiger partial charge < -0.3 is 10.4 Å². The van der Waals surface area contributed by atoms with Crippen LogP contribution in [0, 0.1) is 5.92 Å². The fraction of sp³-hybridized carbons (Fsp3) is 0.500. The molecular weight excluding hydrogens is 290 g/mol. The monoisotopic (exact) mass is 303 g/mol. The Hall–Kier alpha value is -1.37. The largest absolute Gasteiger partial charge is 0.480 e. The Labute approximate surface area is 107 Å². The van der Waals surface area contributed by atoms with Gasteiger partial charge in [0.25, 0.3) is 5.56 Å². The third-order valence-electron chi connectivity index (χ3n) is 2.32. The van der Waals surface area contributed by atoms with Crippen LogP contribution in [0.2, 0.25) is 0 Å². The molecule has 2 N–H and O–H groups in total. The van der Waals surface area contributed by atoms with Gasteiger partial charge in [-0.15, -0.1) is 0 Å². The van der Waals surface area contributed by atoms with Crippen molar-refractivity contribution < 1.29 is 9.90 Å². The van der Waals surface area contributed by atoms with E-state index in [-0.39, 0.29) is 15.9 Å². The Balaban J connectivity index is 3.07. The van der Waals surface area contributed by atoms with Crippen molar-refractivity contribution in [2.24, 2.45) is 13.0 Å². The molecular formula is C10H14BrN3O3. The van der Waals surface area contributed by atoms with Crippen molar-refractivity contribution in [2.75, 3.05) is 5.32 Å². The van der Waals surface area contributed by atoms with Crippen LogP contribution in [0.3, 0.4) is 0 Å². The molecule has 1 rings (SSSR count). The van der Waals surface area contributed by atoms with Crippen LogP contribution in [0.1, 0.15) is 13.8 Å². The van der Waals surface area contributed by atoms with Crippen LogP contribution in [0.5, 0.6) is 0 Å². The van der Waals surface area contributed by atoms with E-state index in [1.165, 1.54) is 17.9 Å². The average molecular weight is 304 g/mol. The summed E-state index contributed by atoms with van der Waals surface area (Å²) in [4.78, 5) is 22.6. The van der Waals surface area contributed by atoms with Gasteiger partial charge in [-0.05, 0) is 21.8 Å². The first-order chi connectivity index (χ1) is 7.84. The summed E-state index contributed by atoms with van der Waals surface area (Å²) in [6.07, 6.45) is 1.42. The molecule has 0 saturated heterocycles. The molecule has 0 aromatic carbocycles. The highest BCUT2D eigenvalue weighted by atomic mass is 79.9. The SMILES string of the molecule is CC(C)[C@@H](Nc1cnn(C)c(=O)c1Br)C(=O)O. The number of aliphatic carboxylic acids is 1. The summed E-state index contributed by atoms with van der Waals surface area (Å²) >= 11 is 3.13. The first-order valence-electron chi connectivity index (χ1n) is 5.05. The summed E-state index contributed by atoms with van der Waals surface area (Å²) < 4.78 is 1.45. The van der Waals surface area contributed by atoms with Crippen molar-refractivity contribution in [1.82, 2.24) is 9.78 Å². The standard InChI is InChI=1S/C10H14BrN3O3/c1-5(2)8(10(16)17)13-6-4-12-14(3)9(15)7(6)11/h4-5,8,13H,1-3H3,(H,16,17)/t8-/m1/s1. The third kappa shape index (κ3) is 3.06. The highest BCUT2D eigenvalue weighted by Crippen LogP contribution is 2.19. The molecule has 0 aliphatic carbocycles. The van der Waals surface area contributed by atoms with Gasteiger partial charge in [0.2, 0.25) is 0 Å². The lowest BCUT2D eigenvalue weighted by Crippen LogP contribution is -2.35. The van der Waals surface area contributed by atoms with Gasteiger partial charge in [-0.1, -0.05) is 13.8 Å². The molecule has 0 spiro atoms. The van der Waals surface area contributed by atoms with Gasteiger partial charge in [-0.25, -0.2) is 9.48 Å². The van der Waals surface area contributed by atoms with Crippen LogP contribution in [-0.4, -0.2) is 26.9 Å². The molecule has 0 saturated carbocycles. The van der Waals surface area contributed by atoms with E-state index in [2.05, 4.69) is 26.3 Å². The second kappa shape index (κ2) is 5.31. The number of nitrogens with zero attached hydrogens (tertiary/aromatic N) is 2. The van der Waals surface area contributed by atoms with Crippen molar-refractivity contribution in [3.8, 4) is 0 Å². The fourth-order valence-corrected chi connectivity index (χ4v) is 1.77. The second-order valence-corrected chi connectivity index (χ2v) is 4.80. The molecule has 6 nitrogen and oxygen atoms in total. The quantitative estimate of drug-likeness (QED) is 0.869. The molecule has 0 bridgehead atoms. The van der Waals surface area contributed by atoms with Crippen molar-refractivity contribution in [3.05, 3.63) is 21.0 Å². The van der Waals surface area contributed by atoms with E-state index in [4.69, 9.17) is 5.11 Å². The van der Waals surface area contributed by atoms with Gasteiger partial charge in [-0.2, -0.15) is 5.10 Å². The van der Waals surface area contributed by atoms with Crippen LogP contribution >= 0.6 is 15.9 Å². The van der Waals surface area contributed by atoms with Crippen LogP contribution in [0.25, 0.3) is 0 Å². The molecule has 1 heterocycles. The van der Waals surface area contributed by atoms with E-state index in [0.29, 0.717) is 5.69 Å². The topological polar surface area (TPSA) is 84.2 Å². The first kappa shape index (κ1) is 13.7. The Morgan fingerprint density at radius 2 is 2.18 bits per heavy atom. The zero-order valence-corrected chi connectivity index (χ0v) is 11.4. The second-order valence-electron chi connectivity index (χ2n) is 4.01.